The summed E-state index contributed by atoms with van der Waals surface area (Å²) in [6.07, 6.45) is 1.88. The summed E-state index contributed by atoms with van der Waals surface area (Å²) in [5.41, 5.74) is -1.33. The van der Waals surface area contributed by atoms with Crippen LogP contribution in [0.5, 0.6) is 11.5 Å². The fourth-order valence-electron chi connectivity index (χ4n) is 6.52. The number of Topliss-reactive ketones (excluding diaryl/α,β-unsaturated/α-hetero) is 1. The lowest BCUT2D eigenvalue weighted by molar-refractivity contribution is -0.128. The molecule has 0 spiro atoms. The summed E-state index contributed by atoms with van der Waals surface area (Å²) >= 11 is 0. The van der Waals surface area contributed by atoms with Crippen molar-refractivity contribution in [3.05, 3.63) is 78.9 Å². The number of hydrogen-bond donors (Lipinski definition) is 0. The molecule has 0 aromatic heterocycles. The number of carbonyl (C=O) groups excluding carboxylic acids is 1. The summed E-state index contributed by atoms with van der Waals surface area (Å²) in [4.78, 5) is 15.5. The molecule has 0 N–H and O–H groups in total. The van der Waals surface area contributed by atoms with Gasteiger partial charge in [-0.2, -0.15) is 8.42 Å². The topological polar surface area (TPSA) is 78.9 Å². The maximum atomic E-state index is 14.3. The van der Waals surface area contributed by atoms with E-state index in [1.54, 1.807) is 0 Å². The Morgan fingerprint density at radius 3 is 1.70 bits per heavy atom. The van der Waals surface area contributed by atoms with Gasteiger partial charge in [-0.15, -0.1) is 0 Å². The number of rotatable bonds is 11. The summed E-state index contributed by atoms with van der Waals surface area (Å²) < 4.78 is 46.5. The van der Waals surface area contributed by atoms with Crippen molar-refractivity contribution in [1.82, 2.24) is 0 Å². The molecule has 2 aliphatic carbocycles. The first kappa shape index (κ1) is 28.7. The molecule has 40 heavy (non-hydrogen) atoms. The Morgan fingerprint density at radius 2 is 1.27 bits per heavy atom. The van der Waals surface area contributed by atoms with Crippen LogP contribution in [0.1, 0.15) is 47.0 Å². The predicted molar refractivity (Wildman–Crippen MR) is 157 cm³/mol. The minimum absolute atomic E-state index is 0.0448. The van der Waals surface area contributed by atoms with Crippen LogP contribution in [0.15, 0.2) is 93.5 Å². The van der Waals surface area contributed by atoms with Gasteiger partial charge in [-0.25, -0.2) is 3.63 Å². The number of ketones is 1. The number of benzene rings is 3. The molecule has 2 atom stereocenters. The monoisotopic (exact) mass is 582 g/mol. The molecule has 0 amide bonds. The minimum Gasteiger partial charge on any atom is -0.494 e. The Hall–Kier alpha value is -2.81. The second-order valence-electron chi connectivity index (χ2n) is 11.1. The highest BCUT2D eigenvalue weighted by molar-refractivity contribution is 8.33. The van der Waals surface area contributed by atoms with Gasteiger partial charge < -0.3 is 9.47 Å². The van der Waals surface area contributed by atoms with E-state index in [4.69, 9.17) is 13.1 Å². The molecule has 0 aliphatic heterocycles. The summed E-state index contributed by atoms with van der Waals surface area (Å²) in [5.74, 6) is 1.31. The summed E-state index contributed by atoms with van der Waals surface area (Å²) in [5, 5.41) is 0. The van der Waals surface area contributed by atoms with Crippen LogP contribution >= 0.6 is 10.3 Å². The van der Waals surface area contributed by atoms with E-state index in [0.29, 0.717) is 47.3 Å². The quantitative estimate of drug-likeness (QED) is 0.234. The van der Waals surface area contributed by atoms with Crippen LogP contribution in [0.25, 0.3) is 0 Å². The first-order valence-electron chi connectivity index (χ1n) is 13.9. The second-order valence-corrected chi connectivity index (χ2v) is 15.6. The van der Waals surface area contributed by atoms with Gasteiger partial charge in [0.25, 0.3) is 10.1 Å². The van der Waals surface area contributed by atoms with Crippen LogP contribution in [0, 0.1) is 16.7 Å². The van der Waals surface area contributed by atoms with Gasteiger partial charge in [0, 0.05) is 21.1 Å². The molecule has 3 aromatic rings. The van der Waals surface area contributed by atoms with Crippen molar-refractivity contribution in [2.45, 2.75) is 61.6 Å². The van der Waals surface area contributed by atoms with Crippen LogP contribution < -0.4 is 9.47 Å². The van der Waals surface area contributed by atoms with Crippen molar-refractivity contribution in [3.63, 3.8) is 0 Å². The summed E-state index contributed by atoms with van der Waals surface area (Å²) in [6, 6.07) is 24.4. The summed E-state index contributed by atoms with van der Waals surface area (Å²) in [7, 11) is -6.98. The molecule has 2 saturated carbocycles. The van der Waals surface area contributed by atoms with Gasteiger partial charge in [-0.1, -0.05) is 32.0 Å². The lowest BCUT2D eigenvalue weighted by atomic mass is 9.70. The van der Waals surface area contributed by atoms with Gasteiger partial charge in [0.15, 0.2) is 0 Å². The van der Waals surface area contributed by atoms with Gasteiger partial charge in [-0.05, 0) is 109 Å². The van der Waals surface area contributed by atoms with E-state index in [9.17, 15) is 13.2 Å². The number of carbonyl (C=O) groups is 1. The lowest BCUT2D eigenvalue weighted by Gasteiger charge is -2.41. The number of hydrogen-bond acceptors (Lipinski definition) is 6. The average molecular weight is 583 g/mol. The highest BCUT2D eigenvalue weighted by Crippen LogP contribution is 2.71. The van der Waals surface area contributed by atoms with E-state index < -0.39 is 31.3 Å². The molecule has 0 radical (unpaired) electrons. The van der Waals surface area contributed by atoms with Crippen LogP contribution in [-0.2, 0) is 18.5 Å². The molecule has 6 nitrogen and oxygen atoms in total. The van der Waals surface area contributed by atoms with Crippen LogP contribution in [-0.4, -0.2) is 33.2 Å². The molecule has 0 heterocycles. The van der Waals surface area contributed by atoms with Crippen molar-refractivity contribution in [1.29, 1.82) is 0 Å². The highest BCUT2D eigenvalue weighted by atomic mass is 32.3. The van der Waals surface area contributed by atoms with Gasteiger partial charge >= 0.3 is 0 Å². The predicted octanol–water partition coefficient (Wildman–Crippen LogP) is 7.42. The second kappa shape index (κ2) is 10.9. The van der Waals surface area contributed by atoms with E-state index in [1.807, 2.05) is 107 Å². The van der Waals surface area contributed by atoms with Gasteiger partial charge in [-0.3, -0.25) is 4.79 Å². The molecule has 0 saturated heterocycles. The first-order valence-corrected chi connectivity index (χ1v) is 17.0. The Labute approximate surface area is 239 Å². The fraction of sp³-hybridized carbons (Fsp3) is 0.406. The van der Waals surface area contributed by atoms with Crippen LogP contribution in [0.4, 0.5) is 0 Å². The molecule has 2 unspecified atom stereocenters. The SMILES string of the molecule is CCOc1ccc(S(OS(=O)(=O)CC23CCC(CC2=O)C3(C)C)(c2ccccc2)c2ccc(OCC)cc2)cc1. The summed E-state index contributed by atoms with van der Waals surface area (Å²) in [6.45, 7) is 8.96. The zero-order valence-electron chi connectivity index (χ0n) is 23.6. The first-order chi connectivity index (χ1) is 19.1. The minimum atomic E-state index is -4.20. The standard InChI is InChI=1S/C32H38O6S2/c1-5-36-25-12-16-28(17-13-25)40(27-10-8-7-9-11-27,29-18-14-26(15-19-29)37-6-2)38-39(34,35)23-32-21-20-24(22-30(32)33)31(32,3)4/h7-19,24H,5-6,20-23H2,1-4H3. The van der Waals surface area contributed by atoms with Gasteiger partial charge in [0.1, 0.15) is 17.3 Å². The normalized spacial score (nSPS) is 22.3. The number of ether oxygens (including phenoxy) is 2. The third-order valence-corrected chi connectivity index (χ3v) is 14.1. The molecule has 5 rings (SSSR count). The van der Waals surface area contributed by atoms with Crippen molar-refractivity contribution in [3.8, 4) is 11.5 Å². The molecule has 214 valence electrons. The average Bonchev–Trinajstić information content (AvgIpc) is 3.28. The molecular weight excluding hydrogens is 544 g/mol. The van der Waals surface area contributed by atoms with E-state index in [2.05, 4.69) is 0 Å². The fourth-order valence-corrected chi connectivity index (χ4v) is 12.6. The molecule has 2 fully saturated rings. The molecule has 8 heteroatoms. The molecule has 2 aliphatic rings. The van der Waals surface area contributed by atoms with Gasteiger partial charge in [0.05, 0.1) is 24.4 Å². The molecule has 3 aromatic carbocycles. The largest absolute Gasteiger partial charge is 0.494 e. The Morgan fingerprint density at radius 1 is 0.775 bits per heavy atom. The Bertz CT molecular complexity index is 1400. The lowest BCUT2D eigenvalue weighted by Crippen LogP contribution is -2.42. The van der Waals surface area contributed by atoms with E-state index in [0.717, 1.165) is 11.3 Å². The van der Waals surface area contributed by atoms with Crippen molar-refractivity contribution in [2.75, 3.05) is 19.0 Å². The zero-order chi connectivity index (χ0) is 28.6. The van der Waals surface area contributed by atoms with E-state index in [1.165, 1.54) is 0 Å². The third kappa shape index (κ3) is 4.84. The molecular formula is C32H38O6S2. The zero-order valence-corrected chi connectivity index (χ0v) is 25.2. The van der Waals surface area contributed by atoms with Crippen molar-refractivity contribution in [2.24, 2.45) is 16.7 Å². The van der Waals surface area contributed by atoms with Crippen molar-refractivity contribution < 1.29 is 26.3 Å². The smallest absolute Gasteiger partial charge is 0.278 e. The molecule has 2 bridgehead atoms. The van der Waals surface area contributed by atoms with E-state index >= 15 is 0 Å². The highest BCUT2D eigenvalue weighted by Gasteiger charge is 2.65. The third-order valence-electron chi connectivity index (χ3n) is 8.78. The maximum Gasteiger partial charge on any atom is 0.278 e. The van der Waals surface area contributed by atoms with Crippen LogP contribution in [0.2, 0.25) is 0 Å². The van der Waals surface area contributed by atoms with Crippen molar-refractivity contribution >= 4 is 26.2 Å². The van der Waals surface area contributed by atoms with Gasteiger partial charge in [0.2, 0.25) is 0 Å². The Kier molecular flexibility index (Phi) is 7.81. The maximum absolute atomic E-state index is 14.3. The Balaban J connectivity index is 1.67. The van der Waals surface area contributed by atoms with Crippen LogP contribution in [0.3, 0.4) is 0 Å². The number of fused-ring (bicyclic) bond motifs is 2. The van der Waals surface area contributed by atoms with E-state index in [-0.39, 0.29) is 17.5 Å².